The van der Waals surface area contributed by atoms with E-state index < -0.39 is 16.6 Å². The number of methoxy groups -OCH3 is 2. The maximum Gasteiger partial charge on any atom is 1.00 e. The molecule has 0 saturated carbocycles. The van der Waals surface area contributed by atoms with Gasteiger partial charge in [0, 0.05) is 55.2 Å². The summed E-state index contributed by atoms with van der Waals surface area (Å²) < 4.78 is 25.5. The van der Waals surface area contributed by atoms with E-state index >= 15 is 0 Å². The smallest absolute Gasteiger partial charge is 1.00 e. The number of aryl methyl sites for hydroxylation is 5. The van der Waals surface area contributed by atoms with Crippen molar-refractivity contribution in [2.24, 2.45) is 0 Å². The Morgan fingerprint density at radius 3 is 1.05 bits per heavy atom. The van der Waals surface area contributed by atoms with Crippen LogP contribution in [-0.4, -0.2) is 63.3 Å². The molecule has 9 rings (SSSR count). The first-order chi connectivity index (χ1) is 48.2. The molecule has 0 spiro atoms. The number of unbranched alkanes of at least 4 members (excludes halogenated alkanes) is 4. The van der Waals surface area contributed by atoms with Crippen molar-refractivity contribution in [3.63, 3.8) is 0 Å². The van der Waals surface area contributed by atoms with Gasteiger partial charge >= 0.3 is 18.9 Å². The number of hydrogen-bond acceptors (Lipinski definition) is 7. The van der Waals surface area contributed by atoms with Crippen LogP contribution >= 0.6 is 0 Å². The molecule has 0 bridgehead atoms. The number of anilines is 2. The maximum absolute atomic E-state index is 10.9. The minimum Gasteiger partial charge on any atom is -1.00 e. The Morgan fingerprint density at radius 1 is 0.402 bits per heavy atom. The zero-order chi connectivity index (χ0) is 72.6. The molecule has 9 aromatic rings. The molecule has 9 aromatic carbocycles. The Balaban J connectivity index is 0.000000334. The molecule has 0 saturated heterocycles. The average Bonchev–Trinajstić information content (AvgIpc) is 0.752. The van der Waals surface area contributed by atoms with Gasteiger partial charge in [0.2, 0.25) is 0 Å². The van der Waals surface area contributed by atoms with Crippen LogP contribution in [-0.2, 0) is 28.5 Å². The van der Waals surface area contributed by atoms with E-state index in [2.05, 4.69) is 296 Å². The van der Waals surface area contributed by atoms with Crippen molar-refractivity contribution in [3.05, 3.63) is 274 Å². The van der Waals surface area contributed by atoms with Crippen LogP contribution in [0.25, 0.3) is 12.2 Å². The van der Waals surface area contributed by atoms with Crippen LogP contribution in [0.3, 0.4) is 0 Å². The monoisotopic (exact) mass is 1460 g/mol. The number of hydrogen-bond donors (Lipinski definition) is 0. The molecular weight excluding hydrogens is 1340 g/mol. The minimum absolute atomic E-state index is 0. The van der Waals surface area contributed by atoms with Gasteiger partial charge in [0.15, 0.2) is 6.29 Å². The number of ether oxygens (including phenoxy) is 2. The first-order valence-electron chi connectivity index (χ1n) is 36.8. The van der Waals surface area contributed by atoms with Crippen LogP contribution in [0.2, 0.25) is 10.1 Å². The van der Waals surface area contributed by atoms with Gasteiger partial charge in [-0.2, -0.15) is 36.4 Å². The number of rotatable bonds is 30. The second kappa shape index (κ2) is 44.6. The largest absolute Gasteiger partial charge is 1.00 e. The summed E-state index contributed by atoms with van der Waals surface area (Å²) in [5, 5.41) is 5.22. The summed E-state index contributed by atoms with van der Waals surface area (Å²) >= 11 is 0. The number of halogens is 1. The molecule has 0 aliphatic heterocycles. The van der Waals surface area contributed by atoms with E-state index in [1.165, 1.54) is 122 Å². The van der Waals surface area contributed by atoms with Crippen LogP contribution in [0.1, 0.15) is 188 Å². The van der Waals surface area contributed by atoms with E-state index in [0.29, 0.717) is 24.5 Å². The van der Waals surface area contributed by atoms with Gasteiger partial charge < -0.3 is 45.1 Å². The molecule has 0 atom stereocenters. The normalized spacial score (nSPS) is 11.3. The van der Waals surface area contributed by atoms with Gasteiger partial charge in [-0.3, -0.25) is 4.79 Å². The number of carbonyl (C=O) groups excluding carboxylic acids is 1. The maximum atomic E-state index is 10.9. The fourth-order valence-corrected chi connectivity index (χ4v) is 22.3. The van der Waals surface area contributed by atoms with E-state index in [9.17, 15) is 4.79 Å². The third kappa shape index (κ3) is 24.3. The van der Waals surface area contributed by atoms with Gasteiger partial charge in [0.05, 0.1) is 33.0 Å². The molecule has 0 fully saturated rings. The second-order valence-corrected chi connectivity index (χ2v) is 37.0. The fourth-order valence-electron chi connectivity index (χ4n) is 13.3. The van der Waals surface area contributed by atoms with Crippen LogP contribution in [0.15, 0.2) is 212 Å². The van der Waals surface area contributed by atoms with Crippen molar-refractivity contribution in [2.45, 2.75) is 185 Å². The first kappa shape index (κ1) is 87.4. The Hall–Kier alpha value is -6.98. The molecule has 0 heterocycles. The second-order valence-electron chi connectivity index (χ2n) is 28.4. The van der Waals surface area contributed by atoms with Crippen LogP contribution in [0.5, 0.6) is 11.5 Å². The zero-order valence-corrected chi connectivity index (χ0v) is 68.9. The van der Waals surface area contributed by atoms with E-state index in [-0.39, 0.29) is 45.9 Å². The molecule has 0 N–H and O–H groups in total. The summed E-state index contributed by atoms with van der Waals surface area (Å²) in [6.07, 6.45) is 15.8. The van der Waals surface area contributed by atoms with Gasteiger partial charge in [-0.25, -0.2) is 0 Å². The van der Waals surface area contributed by atoms with Crippen LogP contribution in [0, 0.1) is 33.8 Å². The zero-order valence-electron chi connectivity index (χ0n) is 65.4. The number of nitrogens with zero attached hydrogens (tertiary/aromatic N) is 2. The quantitative estimate of drug-likeness (QED) is 0.0192. The predicted molar refractivity (Wildman–Crippen MR) is 436 cm³/mol. The van der Waals surface area contributed by atoms with Crippen LogP contribution < -0.4 is 75.9 Å². The van der Waals surface area contributed by atoms with Crippen molar-refractivity contribution >= 4 is 67.2 Å². The van der Waals surface area contributed by atoms with E-state index in [1.807, 2.05) is 48.5 Å². The molecule has 0 radical (unpaired) electrons. The molecule has 0 unspecified atom stereocenters. The van der Waals surface area contributed by atoms with Gasteiger partial charge in [-0.05, 0) is 159 Å². The van der Waals surface area contributed by atoms with Gasteiger partial charge in [-0.1, -0.05) is 260 Å². The number of carbonyl (C=O) groups is 1. The standard InChI is InChI=1S/C42H55NO2Si.C27H34OSi.C16H25NO2.C6H5.BrH.Li/c1-9-11-27-43(28-12-10-2)38-26-25-35(41(31-38)44-8)23-24-36-29-34(4)37(30-33(36)3)32-45-46(42(5,6)7,39-19-15-13-16-20-39)40-21-17-14-18-22-40;1-7-23-18-22(3)24(19-21(23)2)20-28-29(27(4,5)6,25-14-10-8-11-15-25)26-16-12-9-13-17-26;1-4-6-10-17(11-7-5-2)15-9-8-14(13-18)16(12-15)19-3;1-2-4-6-5-3-1;;/h13-26,29-31H,9-12,27-28,32H2,1-8H3;8-19H,7,20H2,1-6H3;8-9,12-13H,4-7,10-11H2,1-3H3;1-5H;1H;/q;;;-1;;+1/p-1. The summed E-state index contributed by atoms with van der Waals surface area (Å²) in [7, 11) is -1.73. The molecule has 0 aromatic heterocycles. The summed E-state index contributed by atoms with van der Waals surface area (Å²) in [6.45, 7) is 39.5. The van der Waals surface area contributed by atoms with Crippen molar-refractivity contribution in [3.8, 4) is 11.5 Å². The van der Waals surface area contributed by atoms with Gasteiger partial charge in [0.25, 0.3) is 16.6 Å². The van der Waals surface area contributed by atoms with Crippen molar-refractivity contribution < 1.29 is 59.0 Å². The molecule has 540 valence electrons. The van der Waals surface area contributed by atoms with Crippen molar-refractivity contribution in [1.82, 2.24) is 0 Å². The molecule has 0 amide bonds. The van der Waals surface area contributed by atoms with E-state index in [0.717, 1.165) is 55.9 Å². The molecule has 0 aliphatic rings. The fraction of sp³-hybridized carbons (Fsp3) is 0.374. The molecule has 7 nitrogen and oxygen atoms in total. The molecule has 102 heavy (non-hydrogen) atoms. The Kier molecular flexibility index (Phi) is 38.2. The Bertz CT molecular complexity index is 3740. The molecular formula is C91H119BrLiN2O5Si2-. The SMILES string of the molecule is CCCCN(CCCC)c1ccc(C=Cc2cc(C)c(CO[Si](c3ccccc3)(c3ccccc3)C(C)(C)C)cc2C)c(OC)c1.CCCCN(CCCC)c1ccc(C=O)c(OC)c1.CCc1cc(C)c(CO[Si](c2ccccc2)(c2ccccc2)C(C)(C)C)cc1C.[Br-].[Li+].[c-]1ccccc1. The average molecular weight is 1460 g/mol. The third-order valence-electron chi connectivity index (χ3n) is 19.1. The number of benzene rings is 9. The minimum atomic E-state index is -2.62. The van der Waals surface area contributed by atoms with E-state index in [1.54, 1.807) is 14.2 Å². The first-order valence-corrected chi connectivity index (χ1v) is 40.6. The Morgan fingerprint density at radius 2 is 0.725 bits per heavy atom. The predicted octanol–water partition coefficient (Wildman–Crippen LogP) is 15.3. The van der Waals surface area contributed by atoms with Crippen molar-refractivity contribution in [2.75, 3.05) is 50.2 Å². The van der Waals surface area contributed by atoms with Gasteiger partial charge in [-0.15, -0.1) is 0 Å². The Labute approximate surface area is 642 Å². The molecule has 0 aliphatic carbocycles. The topological polar surface area (TPSA) is 60.5 Å². The summed E-state index contributed by atoms with van der Waals surface area (Å²) in [5.74, 6) is 1.57. The third-order valence-corrected chi connectivity index (χ3v) is 29.1. The van der Waals surface area contributed by atoms with Crippen LogP contribution in [0.4, 0.5) is 11.4 Å². The summed E-state index contributed by atoms with van der Waals surface area (Å²) in [4.78, 5) is 15.8. The van der Waals surface area contributed by atoms with Crippen molar-refractivity contribution in [1.29, 1.82) is 0 Å². The van der Waals surface area contributed by atoms with Gasteiger partial charge in [0.1, 0.15) is 11.5 Å². The number of aldehydes is 1. The molecule has 11 heteroatoms. The van der Waals surface area contributed by atoms with E-state index in [4.69, 9.17) is 18.3 Å². The summed E-state index contributed by atoms with van der Waals surface area (Å²) in [5.41, 5.74) is 14.4. The summed E-state index contributed by atoms with van der Waals surface area (Å²) in [6, 6.07) is 77.8.